The van der Waals surface area contributed by atoms with Gasteiger partial charge < -0.3 is 19.6 Å². The van der Waals surface area contributed by atoms with E-state index in [1.807, 2.05) is 70.3 Å². The van der Waals surface area contributed by atoms with Gasteiger partial charge in [-0.3, -0.25) is 4.79 Å². The van der Waals surface area contributed by atoms with Gasteiger partial charge in [-0.2, -0.15) is 0 Å². The van der Waals surface area contributed by atoms with Crippen molar-refractivity contribution in [1.82, 2.24) is 19.9 Å². The van der Waals surface area contributed by atoms with Crippen LogP contribution in [0.4, 0.5) is 10.5 Å². The van der Waals surface area contributed by atoms with E-state index in [1.54, 1.807) is 16.0 Å². The molecule has 4 rings (SSSR count). The number of hydrogen-bond donors (Lipinski definition) is 1. The number of fused-ring (bicyclic) bond motifs is 1. The molecule has 8 nitrogen and oxygen atoms in total. The number of carbonyl (C=O) groups is 2. The van der Waals surface area contributed by atoms with Crippen LogP contribution < -0.4 is 4.90 Å². The standard InChI is InChI=1S/C25H31N5O3/c1-5-13-30(25(2,3)4)24(32)33-28-14-15-29(21(31)17-28)22-19-11-12-26-23(19)27-16-20(22)18-9-7-6-8-10-18/h6-12,16H,5,13-15,17H2,1-4H3,(H,26,27). The highest BCUT2D eigenvalue weighted by Crippen LogP contribution is 2.37. The minimum absolute atomic E-state index is 0.00167. The summed E-state index contributed by atoms with van der Waals surface area (Å²) in [5.41, 5.74) is 3.08. The van der Waals surface area contributed by atoms with Crippen LogP contribution in [0.2, 0.25) is 0 Å². The number of hydroxylamine groups is 2. The highest BCUT2D eigenvalue weighted by Gasteiger charge is 2.33. The summed E-state index contributed by atoms with van der Waals surface area (Å²) in [7, 11) is 0. The van der Waals surface area contributed by atoms with Gasteiger partial charge >= 0.3 is 6.09 Å². The number of anilines is 1. The Hall–Kier alpha value is -3.39. The number of aromatic amines is 1. The van der Waals surface area contributed by atoms with Crippen LogP contribution in [0.5, 0.6) is 0 Å². The molecule has 2 aromatic heterocycles. The second-order valence-electron chi connectivity index (χ2n) is 9.22. The van der Waals surface area contributed by atoms with Crippen LogP contribution in [0.15, 0.2) is 48.8 Å². The molecule has 174 valence electrons. The molecule has 0 unspecified atom stereocenters. The molecule has 3 heterocycles. The van der Waals surface area contributed by atoms with E-state index < -0.39 is 6.09 Å². The maximum absolute atomic E-state index is 13.3. The predicted molar refractivity (Wildman–Crippen MR) is 129 cm³/mol. The molecule has 1 aliphatic heterocycles. The number of nitrogens with zero attached hydrogens (tertiary/aromatic N) is 4. The fourth-order valence-electron chi connectivity index (χ4n) is 4.16. The summed E-state index contributed by atoms with van der Waals surface area (Å²) < 4.78 is 0. The second-order valence-corrected chi connectivity index (χ2v) is 9.22. The lowest BCUT2D eigenvalue weighted by atomic mass is 10.0. The van der Waals surface area contributed by atoms with Crippen molar-refractivity contribution >= 4 is 28.7 Å². The Balaban J connectivity index is 1.57. The van der Waals surface area contributed by atoms with E-state index in [0.29, 0.717) is 19.6 Å². The Morgan fingerprint density at radius 2 is 1.94 bits per heavy atom. The van der Waals surface area contributed by atoms with Crippen molar-refractivity contribution in [3.8, 4) is 11.1 Å². The van der Waals surface area contributed by atoms with Gasteiger partial charge in [0.05, 0.1) is 12.2 Å². The molecule has 0 atom stereocenters. The number of H-pyrrole nitrogens is 1. The van der Waals surface area contributed by atoms with E-state index in [2.05, 4.69) is 9.97 Å². The van der Waals surface area contributed by atoms with Crippen LogP contribution in [0.3, 0.4) is 0 Å². The number of rotatable bonds is 5. The molecule has 0 aliphatic carbocycles. The van der Waals surface area contributed by atoms with Crippen LogP contribution in [0, 0.1) is 0 Å². The van der Waals surface area contributed by atoms with Gasteiger partial charge in [0.15, 0.2) is 0 Å². The van der Waals surface area contributed by atoms with Crippen molar-refractivity contribution in [2.75, 3.05) is 31.1 Å². The van der Waals surface area contributed by atoms with Gasteiger partial charge in [0.2, 0.25) is 5.91 Å². The van der Waals surface area contributed by atoms with E-state index in [0.717, 1.165) is 34.3 Å². The van der Waals surface area contributed by atoms with Crippen LogP contribution in [-0.4, -0.2) is 63.6 Å². The van der Waals surface area contributed by atoms with Crippen molar-refractivity contribution in [2.45, 2.75) is 39.7 Å². The van der Waals surface area contributed by atoms with Crippen LogP contribution in [0.1, 0.15) is 34.1 Å². The largest absolute Gasteiger partial charge is 0.429 e. The Labute approximate surface area is 194 Å². The fourth-order valence-corrected chi connectivity index (χ4v) is 4.16. The average molecular weight is 450 g/mol. The Bertz CT molecular complexity index is 1140. The molecule has 33 heavy (non-hydrogen) atoms. The Morgan fingerprint density at radius 3 is 2.61 bits per heavy atom. The van der Waals surface area contributed by atoms with Gasteiger partial charge in [0, 0.05) is 42.0 Å². The van der Waals surface area contributed by atoms with Crippen molar-refractivity contribution in [3.05, 3.63) is 48.8 Å². The summed E-state index contributed by atoms with van der Waals surface area (Å²) >= 11 is 0. The first kappa shape index (κ1) is 22.8. The fraction of sp³-hybridized carbons (Fsp3) is 0.400. The zero-order valence-corrected chi connectivity index (χ0v) is 19.7. The smallest absolute Gasteiger partial charge is 0.350 e. The summed E-state index contributed by atoms with van der Waals surface area (Å²) in [6.07, 6.45) is 4.03. The summed E-state index contributed by atoms with van der Waals surface area (Å²) in [5.74, 6) is -0.127. The highest BCUT2D eigenvalue weighted by atomic mass is 16.7. The molecule has 0 bridgehead atoms. The lowest BCUT2D eigenvalue weighted by Crippen LogP contribution is -2.54. The molecule has 1 aromatic carbocycles. The van der Waals surface area contributed by atoms with Gasteiger partial charge in [0.25, 0.3) is 0 Å². The highest BCUT2D eigenvalue weighted by molar-refractivity contribution is 6.08. The zero-order valence-electron chi connectivity index (χ0n) is 19.7. The third-order valence-electron chi connectivity index (χ3n) is 5.78. The monoisotopic (exact) mass is 449 g/mol. The lowest BCUT2D eigenvalue weighted by Gasteiger charge is -2.38. The number of piperazine rings is 1. The molecule has 3 aromatic rings. The lowest BCUT2D eigenvalue weighted by molar-refractivity contribution is -0.147. The van der Waals surface area contributed by atoms with Crippen molar-refractivity contribution in [3.63, 3.8) is 0 Å². The topological polar surface area (TPSA) is 81.8 Å². The number of hydrogen-bond acceptors (Lipinski definition) is 5. The van der Waals surface area contributed by atoms with Crippen molar-refractivity contribution in [2.24, 2.45) is 0 Å². The van der Waals surface area contributed by atoms with E-state index in [1.165, 1.54) is 5.06 Å². The van der Waals surface area contributed by atoms with Crippen LogP contribution in [-0.2, 0) is 9.63 Å². The molecule has 8 heteroatoms. The Morgan fingerprint density at radius 1 is 1.18 bits per heavy atom. The molecule has 1 N–H and O–H groups in total. The SMILES string of the molecule is CCCN(C(=O)ON1CCN(c2c(-c3ccccc3)cnc3[nH]ccc23)C(=O)C1)C(C)(C)C. The van der Waals surface area contributed by atoms with Crippen LogP contribution >= 0.6 is 0 Å². The molecule has 0 radical (unpaired) electrons. The van der Waals surface area contributed by atoms with E-state index in [-0.39, 0.29) is 18.0 Å². The normalized spacial score (nSPS) is 15.2. The van der Waals surface area contributed by atoms with Crippen molar-refractivity contribution in [1.29, 1.82) is 0 Å². The van der Waals surface area contributed by atoms with Crippen LogP contribution in [0.25, 0.3) is 22.2 Å². The van der Waals surface area contributed by atoms with Gasteiger partial charge in [-0.15, -0.1) is 5.06 Å². The number of benzene rings is 1. The molecule has 1 aliphatic rings. The maximum atomic E-state index is 13.3. The summed E-state index contributed by atoms with van der Waals surface area (Å²) in [5, 5.41) is 2.35. The average Bonchev–Trinajstić information content (AvgIpc) is 3.26. The molecule has 1 saturated heterocycles. The quantitative estimate of drug-likeness (QED) is 0.623. The first-order valence-electron chi connectivity index (χ1n) is 11.4. The van der Waals surface area contributed by atoms with Gasteiger partial charge in [-0.25, -0.2) is 9.78 Å². The minimum Gasteiger partial charge on any atom is -0.350 e. The van der Waals surface area contributed by atoms with Gasteiger partial charge in [0.1, 0.15) is 12.2 Å². The van der Waals surface area contributed by atoms with E-state index in [9.17, 15) is 9.59 Å². The first-order chi connectivity index (χ1) is 15.8. The molecule has 0 spiro atoms. The second kappa shape index (κ2) is 9.23. The van der Waals surface area contributed by atoms with E-state index >= 15 is 0 Å². The van der Waals surface area contributed by atoms with E-state index in [4.69, 9.17) is 4.84 Å². The molecular weight excluding hydrogens is 418 g/mol. The summed E-state index contributed by atoms with van der Waals surface area (Å²) in [6.45, 7) is 9.37. The molecule has 2 amide bonds. The number of nitrogens with one attached hydrogen (secondary N) is 1. The number of carbonyl (C=O) groups excluding carboxylic acids is 2. The zero-order chi connectivity index (χ0) is 23.6. The predicted octanol–water partition coefficient (Wildman–Crippen LogP) is 4.44. The number of pyridine rings is 1. The van der Waals surface area contributed by atoms with Crippen molar-refractivity contribution < 1.29 is 14.4 Å². The summed E-state index contributed by atoms with van der Waals surface area (Å²) in [6, 6.07) is 11.9. The van der Waals surface area contributed by atoms with Gasteiger partial charge in [-0.05, 0) is 38.8 Å². The third-order valence-corrected chi connectivity index (χ3v) is 5.78. The number of amides is 2. The molecular formula is C25H31N5O3. The Kier molecular flexibility index (Phi) is 6.37. The molecule has 0 saturated carbocycles. The maximum Gasteiger partial charge on any atom is 0.429 e. The summed E-state index contributed by atoms with van der Waals surface area (Å²) in [4.78, 5) is 42.9. The van der Waals surface area contributed by atoms with Gasteiger partial charge in [-0.1, -0.05) is 37.3 Å². The first-order valence-corrected chi connectivity index (χ1v) is 11.4. The minimum atomic E-state index is -0.424. The third kappa shape index (κ3) is 4.71. The number of aromatic nitrogens is 2. The molecule has 1 fully saturated rings.